The molecule has 0 saturated carbocycles. The van der Waals surface area contributed by atoms with Crippen LogP contribution in [0.15, 0.2) is 30.5 Å². The molecule has 0 aliphatic rings. The number of nitrogens with one attached hydrogen (secondary N) is 1. The van der Waals surface area contributed by atoms with Crippen LogP contribution in [-0.4, -0.2) is 34.9 Å². The Morgan fingerprint density at radius 1 is 1.35 bits per heavy atom. The Morgan fingerprint density at radius 3 is 2.78 bits per heavy atom. The van der Waals surface area contributed by atoms with E-state index in [1.165, 1.54) is 12.1 Å². The van der Waals surface area contributed by atoms with Crippen LogP contribution in [0.1, 0.15) is 24.5 Å². The number of aryl methyl sites for hydroxylation is 1. The van der Waals surface area contributed by atoms with Crippen LogP contribution in [0.25, 0.3) is 0 Å². The summed E-state index contributed by atoms with van der Waals surface area (Å²) in [4.78, 5) is 8.11. The number of hydrogen-bond acceptors (Lipinski definition) is 6. The van der Waals surface area contributed by atoms with Gasteiger partial charge in [-0.05, 0) is 26.0 Å². The van der Waals surface area contributed by atoms with Crippen molar-refractivity contribution in [1.82, 2.24) is 9.97 Å². The number of pyridine rings is 2. The Kier molecular flexibility index (Phi) is 5.84. The third-order valence-electron chi connectivity index (χ3n) is 3.13. The van der Waals surface area contributed by atoms with Gasteiger partial charge in [-0.3, -0.25) is 4.98 Å². The Morgan fingerprint density at radius 2 is 2.13 bits per heavy atom. The molecule has 2 N–H and O–H groups in total. The molecule has 2 aromatic heterocycles. The summed E-state index contributed by atoms with van der Waals surface area (Å²) in [5.74, 6) is 0.490. The predicted octanol–water partition coefficient (Wildman–Crippen LogP) is 2.44. The second-order valence-electron chi connectivity index (χ2n) is 5.13. The molecule has 23 heavy (non-hydrogen) atoms. The first-order valence-electron chi connectivity index (χ1n) is 7.18. The van der Waals surface area contributed by atoms with Crippen molar-refractivity contribution in [1.29, 1.82) is 0 Å². The molecule has 0 aromatic carbocycles. The number of halogens is 1. The van der Waals surface area contributed by atoms with Crippen molar-refractivity contribution in [3.63, 3.8) is 0 Å². The van der Waals surface area contributed by atoms with E-state index in [4.69, 9.17) is 9.47 Å². The number of aromatic nitrogens is 2. The van der Waals surface area contributed by atoms with E-state index in [0.717, 1.165) is 6.20 Å². The number of ether oxygens (including phenoxy) is 2. The van der Waals surface area contributed by atoms with Crippen molar-refractivity contribution in [3.05, 3.63) is 47.7 Å². The Labute approximate surface area is 134 Å². The van der Waals surface area contributed by atoms with Crippen LogP contribution in [-0.2, 0) is 4.74 Å². The summed E-state index contributed by atoms with van der Waals surface area (Å²) in [5, 5.41) is 13.0. The number of aliphatic hydroxyl groups is 1. The highest BCUT2D eigenvalue weighted by Gasteiger charge is 2.12. The molecule has 6 nitrogen and oxygen atoms in total. The molecule has 2 rings (SSSR count). The summed E-state index contributed by atoms with van der Waals surface area (Å²) < 4.78 is 23.6. The molecule has 7 heteroatoms. The van der Waals surface area contributed by atoms with Gasteiger partial charge in [0.1, 0.15) is 24.0 Å². The second kappa shape index (κ2) is 7.85. The number of hydrogen-bond donors (Lipinski definition) is 2. The van der Waals surface area contributed by atoms with Crippen LogP contribution in [0.2, 0.25) is 0 Å². The standard InChI is InChI=1S/C16H20FN3O3/c1-10-6-13(23-9-11(2)22-3)7-14(19-10)16(21)20-15-5-4-12(17)8-18-15/h4-8,11,16,21H,9H2,1-3H3,(H,18,20)/t11-,16?/m0/s1. The minimum atomic E-state index is -1.09. The zero-order chi connectivity index (χ0) is 16.8. The summed E-state index contributed by atoms with van der Waals surface area (Å²) in [6.07, 6.45) is -0.0622. The summed E-state index contributed by atoms with van der Waals surface area (Å²) in [7, 11) is 1.61. The number of methoxy groups -OCH3 is 1. The average molecular weight is 321 g/mol. The maximum absolute atomic E-state index is 12.8. The Bertz CT molecular complexity index is 637. The molecule has 2 atom stereocenters. The van der Waals surface area contributed by atoms with Crippen molar-refractivity contribution < 1.29 is 19.0 Å². The molecule has 0 fully saturated rings. The van der Waals surface area contributed by atoms with Crippen LogP contribution in [0.5, 0.6) is 5.75 Å². The van der Waals surface area contributed by atoms with E-state index in [1.54, 1.807) is 26.2 Å². The second-order valence-corrected chi connectivity index (χ2v) is 5.13. The van der Waals surface area contributed by atoms with E-state index in [2.05, 4.69) is 15.3 Å². The minimum absolute atomic E-state index is 0.0432. The highest BCUT2D eigenvalue weighted by atomic mass is 19.1. The largest absolute Gasteiger partial charge is 0.491 e. The monoisotopic (exact) mass is 321 g/mol. The van der Waals surface area contributed by atoms with Gasteiger partial charge in [0.2, 0.25) is 0 Å². The quantitative estimate of drug-likeness (QED) is 0.763. The third-order valence-corrected chi connectivity index (χ3v) is 3.13. The Hall–Kier alpha value is -2.25. The molecular weight excluding hydrogens is 301 g/mol. The third kappa shape index (κ3) is 5.15. The van der Waals surface area contributed by atoms with Crippen molar-refractivity contribution >= 4 is 5.82 Å². The Balaban J connectivity index is 2.08. The summed E-state index contributed by atoms with van der Waals surface area (Å²) in [6, 6.07) is 6.10. The molecule has 0 amide bonds. The zero-order valence-electron chi connectivity index (χ0n) is 13.3. The summed E-state index contributed by atoms with van der Waals surface area (Å²) in [5.41, 5.74) is 1.09. The fraction of sp³-hybridized carbons (Fsp3) is 0.375. The smallest absolute Gasteiger partial charge is 0.169 e. The number of anilines is 1. The minimum Gasteiger partial charge on any atom is -0.491 e. The van der Waals surface area contributed by atoms with E-state index < -0.39 is 12.0 Å². The molecule has 2 aromatic rings. The first kappa shape index (κ1) is 17.1. The molecule has 1 unspecified atom stereocenters. The first-order chi connectivity index (χ1) is 11.0. The van der Waals surface area contributed by atoms with E-state index in [0.29, 0.717) is 29.6 Å². The maximum Gasteiger partial charge on any atom is 0.169 e. The molecule has 0 saturated heterocycles. The number of rotatable bonds is 7. The fourth-order valence-electron chi connectivity index (χ4n) is 1.84. The lowest BCUT2D eigenvalue weighted by atomic mass is 10.2. The zero-order valence-corrected chi connectivity index (χ0v) is 13.3. The highest BCUT2D eigenvalue weighted by molar-refractivity contribution is 5.37. The van der Waals surface area contributed by atoms with Crippen LogP contribution in [0.4, 0.5) is 10.2 Å². The lowest BCUT2D eigenvalue weighted by Crippen LogP contribution is -2.17. The van der Waals surface area contributed by atoms with Gasteiger partial charge in [-0.2, -0.15) is 0 Å². The molecule has 2 heterocycles. The predicted molar refractivity (Wildman–Crippen MR) is 83.7 cm³/mol. The van der Waals surface area contributed by atoms with Gasteiger partial charge in [0.05, 0.1) is 18.0 Å². The van der Waals surface area contributed by atoms with Crippen molar-refractivity contribution in [2.24, 2.45) is 0 Å². The number of aliphatic hydroxyl groups excluding tert-OH is 1. The summed E-state index contributed by atoms with van der Waals surface area (Å²) >= 11 is 0. The SMILES string of the molecule is CO[C@@H](C)COc1cc(C)nc(C(O)Nc2ccc(F)cn2)c1. The fourth-order valence-corrected chi connectivity index (χ4v) is 1.84. The molecule has 0 aliphatic heterocycles. The average Bonchev–Trinajstić information content (AvgIpc) is 2.54. The van der Waals surface area contributed by atoms with Crippen LogP contribution < -0.4 is 10.1 Å². The van der Waals surface area contributed by atoms with Gasteiger partial charge < -0.3 is 19.9 Å². The van der Waals surface area contributed by atoms with Crippen molar-refractivity contribution in [2.45, 2.75) is 26.2 Å². The molecule has 124 valence electrons. The molecule has 0 aliphatic carbocycles. The maximum atomic E-state index is 12.8. The van der Waals surface area contributed by atoms with Crippen molar-refractivity contribution in [3.8, 4) is 5.75 Å². The van der Waals surface area contributed by atoms with Gasteiger partial charge in [0.25, 0.3) is 0 Å². The van der Waals surface area contributed by atoms with Gasteiger partial charge in [-0.1, -0.05) is 0 Å². The lowest BCUT2D eigenvalue weighted by molar-refractivity contribution is 0.0714. The first-order valence-corrected chi connectivity index (χ1v) is 7.18. The van der Waals surface area contributed by atoms with E-state index in [-0.39, 0.29) is 6.10 Å². The molecular formula is C16H20FN3O3. The highest BCUT2D eigenvalue weighted by Crippen LogP contribution is 2.20. The van der Waals surface area contributed by atoms with Gasteiger partial charge in [-0.25, -0.2) is 9.37 Å². The van der Waals surface area contributed by atoms with Crippen LogP contribution in [0.3, 0.4) is 0 Å². The van der Waals surface area contributed by atoms with Gasteiger partial charge >= 0.3 is 0 Å². The van der Waals surface area contributed by atoms with Crippen LogP contribution >= 0.6 is 0 Å². The number of nitrogens with zero attached hydrogens (tertiary/aromatic N) is 2. The van der Waals surface area contributed by atoms with Gasteiger partial charge in [-0.15, -0.1) is 0 Å². The normalized spacial score (nSPS) is 13.4. The lowest BCUT2D eigenvalue weighted by Gasteiger charge is -2.16. The van der Waals surface area contributed by atoms with Crippen LogP contribution in [0, 0.1) is 12.7 Å². The summed E-state index contributed by atoms with van der Waals surface area (Å²) in [6.45, 7) is 4.09. The van der Waals surface area contributed by atoms with Gasteiger partial charge in [0.15, 0.2) is 6.23 Å². The molecule has 0 bridgehead atoms. The van der Waals surface area contributed by atoms with Gasteiger partial charge in [0, 0.05) is 24.9 Å². The van der Waals surface area contributed by atoms with Crippen molar-refractivity contribution in [2.75, 3.05) is 19.0 Å². The topological polar surface area (TPSA) is 76.5 Å². The van der Waals surface area contributed by atoms with E-state index in [9.17, 15) is 9.50 Å². The van der Waals surface area contributed by atoms with E-state index >= 15 is 0 Å². The van der Waals surface area contributed by atoms with E-state index in [1.807, 2.05) is 6.92 Å². The molecule has 0 radical (unpaired) electrons. The molecule has 0 spiro atoms.